The first kappa shape index (κ1) is 14.7. The fourth-order valence-corrected chi connectivity index (χ4v) is 1.96. The molecule has 0 aliphatic rings. The lowest BCUT2D eigenvalue weighted by atomic mass is 10.2. The summed E-state index contributed by atoms with van der Waals surface area (Å²) in [7, 11) is 0. The predicted molar refractivity (Wildman–Crippen MR) is 87.2 cm³/mol. The monoisotopic (exact) mass is 305 g/mol. The predicted octanol–water partition coefficient (Wildman–Crippen LogP) is 3.31. The second-order valence-corrected chi connectivity index (χ2v) is 4.83. The summed E-state index contributed by atoms with van der Waals surface area (Å²) in [6.07, 6.45) is 4.79. The third-order valence-corrected chi connectivity index (χ3v) is 3.16. The van der Waals surface area contributed by atoms with Crippen LogP contribution in [0.15, 0.2) is 73.2 Å². The van der Waals surface area contributed by atoms with Crippen LogP contribution >= 0.6 is 0 Å². The number of para-hydroxylation sites is 1. The molecule has 1 aromatic carbocycles. The molecule has 3 rings (SSSR count). The van der Waals surface area contributed by atoms with Gasteiger partial charge in [0.1, 0.15) is 12.4 Å². The SMILES string of the molecule is O=C(Nc1ccncc1)c1ccc(COc2ccccc2)nc1. The first-order valence-corrected chi connectivity index (χ1v) is 7.15. The van der Waals surface area contributed by atoms with E-state index in [1.165, 1.54) is 0 Å². The van der Waals surface area contributed by atoms with Crippen LogP contribution in [0.1, 0.15) is 16.1 Å². The second-order valence-electron chi connectivity index (χ2n) is 4.83. The average molecular weight is 305 g/mol. The molecule has 0 bridgehead atoms. The number of amides is 1. The molecular weight excluding hydrogens is 290 g/mol. The summed E-state index contributed by atoms with van der Waals surface area (Å²) in [5, 5.41) is 2.79. The molecule has 0 spiro atoms. The summed E-state index contributed by atoms with van der Waals surface area (Å²) < 4.78 is 5.62. The molecule has 0 unspecified atom stereocenters. The number of ether oxygens (including phenoxy) is 1. The summed E-state index contributed by atoms with van der Waals surface area (Å²) >= 11 is 0. The molecule has 0 aliphatic heterocycles. The largest absolute Gasteiger partial charge is 0.487 e. The number of pyridine rings is 2. The highest BCUT2D eigenvalue weighted by Crippen LogP contribution is 2.12. The van der Waals surface area contributed by atoms with Crippen molar-refractivity contribution in [3.63, 3.8) is 0 Å². The van der Waals surface area contributed by atoms with Crippen LogP contribution in [0.4, 0.5) is 5.69 Å². The smallest absolute Gasteiger partial charge is 0.257 e. The number of nitrogens with one attached hydrogen (secondary N) is 1. The zero-order valence-corrected chi connectivity index (χ0v) is 12.3. The molecule has 0 saturated heterocycles. The van der Waals surface area contributed by atoms with Gasteiger partial charge in [-0.3, -0.25) is 14.8 Å². The van der Waals surface area contributed by atoms with E-state index in [2.05, 4.69) is 15.3 Å². The quantitative estimate of drug-likeness (QED) is 0.785. The van der Waals surface area contributed by atoms with E-state index in [0.29, 0.717) is 17.9 Å². The molecule has 2 heterocycles. The average Bonchev–Trinajstić information content (AvgIpc) is 2.62. The Labute approximate surface area is 134 Å². The van der Waals surface area contributed by atoms with E-state index in [9.17, 15) is 4.79 Å². The number of hydrogen-bond donors (Lipinski definition) is 1. The lowest BCUT2D eigenvalue weighted by Crippen LogP contribution is -2.12. The Morgan fingerprint density at radius 2 is 1.78 bits per heavy atom. The number of hydrogen-bond acceptors (Lipinski definition) is 4. The van der Waals surface area contributed by atoms with E-state index in [-0.39, 0.29) is 5.91 Å². The molecule has 0 radical (unpaired) electrons. The normalized spacial score (nSPS) is 10.1. The summed E-state index contributed by atoms with van der Waals surface area (Å²) in [6.45, 7) is 0.357. The minimum atomic E-state index is -0.209. The van der Waals surface area contributed by atoms with Crippen molar-refractivity contribution < 1.29 is 9.53 Å². The molecule has 5 heteroatoms. The Morgan fingerprint density at radius 1 is 1.00 bits per heavy atom. The van der Waals surface area contributed by atoms with E-state index in [1.807, 2.05) is 30.3 Å². The molecule has 0 atom stereocenters. The Balaban J connectivity index is 1.59. The van der Waals surface area contributed by atoms with Gasteiger partial charge in [0, 0.05) is 24.3 Å². The van der Waals surface area contributed by atoms with E-state index >= 15 is 0 Å². The van der Waals surface area contributed by atoms with Gasteiger partial charge in [-0.2, -0.15) is 0 Å². The summed E-state index contributed by atoms with van der Waals surface area (Å²) in [4.78, 5) is 20.3. The maximum atomic E-state index is 12.1. The maximum absolute atomic E-state index is 12.1. The van der Waals surface area contributed by atoms with Crippen molar-refractivity contribution in [2.24, 2.45) is 0 Å². The van der Waals surface area contributed by atoms with Gasteiger partial charge in [0.05, 0.1) is 11.3 Å². The second kappa shape index (κ2) is 7.17. The lowest BCUT2D eigenvalue weighted by Gasteiger charge is -2.07. The Bertz CT molecular complexity index is 759. The number of aromatic nitrogens is 2. The summed E-state index contributed by atoms with van der Waals surface area (Å²) in [6, 6.07) is 16.5. The Morgan fingerprint density at radius 3 is 2.48 bits per heavy atom. The Kier molecular flexibility index (Phi) is 4.59. The Hall–Kier alpha value is -3.21. The van der Waals surface area contributed by atoms with Crippen LogP contribution in [0.3, 0.4) is 0 Å². The molecule has 0 fully saturated rings. The van der Waals surface area contributed by atoms with Crippen molar-refractivity contribution >= 4 is 11.6 Å². The van der Waals surface area contributed by atoms with Crippen LogP contribution in [0, 0.1) is 0 Å². The van der Waals surface area contributed by atoms with Crippen LogP contribution < -0.4 is 10.1 Å². The maximum Gasteiger partial charge on any atom is 0.257 e. The van der Waals surface area contributed by atoms with Crippen molar-refractivity contribution in [2.75, 3.05) is 5.32 Å². The zero-order valence-electron chi connectivity index (χ0n) is 12.3. The molecule has 0 saturated carbocycles. The molecule has 1 amide bonds. The van der Waals surface area contributed by atoms with Crippen LogP contribution in [0.25, 0.3) is 0 Å². The lowest BCUT2D eigenvalue weighted by molar-refractivity contribution is 0.102. The first-order valence-electron chi connectivity index (χ1n) is 7.15. The van der Waals surface area contributed by atoms with Crippen molar-refractivity contribution in [2.45, 2.75) is 6.61 Å². The minimum absolute atomic E-state index is 0.209. The van der Waals surface area contributed by atoms with Crippen LogP contribution in [-0.4, -0.2) is 15.9 Å². The number of carbonyl (C=O) groups excluding carboxylic acids is 1. The van der Waals surface area contributed by atoms with Gasteiger partial charge in [0.25, 0.3) is 5.91 Å². The number of benzene rings is 1. The van der Waals surface area contributed by atoms with E-state index in [1.54, 1.807) is 42.9 Å². The molecular formula is C18H15N3O2. The molecule has 23 heavy (non-hydrogen) atoms. The van der Waals surface area contributed by atoms with Gasteiger partial charge < -0.3 is 10.1 Å². The third kappa shape index (κ3) is 4.14. The molecule has 0 aliphatic carbocycles. The van der Waals surface area contributed by atoms with Crippen LogP contribution in [-0.2, 0) is 6.61 Å². The van der Waals surface area contributed by atoms with Gasteiger partial charge in [0.15, 0.2) is 0 Å². The third-order valence-electron chi connectivity index (χ3n) is 3.16. The van der Waals surface area contributed by atoms with E-state index in [4.69, 9.17) is 4.74 Å². The fourth-order valence-electron chi connectivity index (χ4n) is 1.96. The van der Waals surface area contributed by atoms with Gasteiger partial charge in [-0.15, -0.1) is 0 Å². The van der Waals surface area contributed by atoms with E-state index in [0.717, 1.165) is 11.4 Å². The fraction of sp³-hybridized carbons (Fsp3) is 0.0556. The van der Waals surface area contributed by atoms with Gasteiger partial charge in [-0.1, -0.05) is 18.2 Å². The summed E-state index contributed by atoms with van der Waals surface area (Å²) in [5.74, 6) is 0.577. The van der Waals surface area contributed by atoms with Gasteiger partial charge in [-0.05, 0) is 36.4 Å². The van der Waals surface area contributed by atoms with Crippen LogP contribution in [0.2, 0.25) is 0 Å². The zero-order chi connectivity index (χ0) is 15.9. The molecule has 5 nitrogen and oxygen atoms in total. The highest BCUT2D eigenvalue weighted by molar-refractivity contribution is 6.03. The molecule has 3 aromatic rings. The molecule has 2 aromatic heterocycles. The highest BCUT2D eigenvalue weighted by Gasteiger charge is 2.07. The van der Waals surface area contributed by atoms with Crippen molar-refractivity contribution in [1.82, 2.24) is 9.97 Å². The van der Waals surface area contributed by atoms with Gasteiger partial charge >= 0.3 is 0 Å². The number of rotatable bonds is 5. The number of nitrogens with zero attached hydrogens (tertiary/aromatic N) is 2. The topological polar surface area (TPSA) is 64.1 Å². The summed E-state index contributed by atoms with van der Waals surface area (Å²) in [5.41, 5.74) is 1.95. The standard InChI is InChI=1S/C18H15N3O2/c22-18(21-15-8-10-19-11-9-15)14-6-7-16(20-12-14)13-23-17-4-2-1-3-5-17/h1-12H,13H2,(H,19,21,22). The van der Waals surface area contributed by atoms with Crippen molar-refractivity contribution in [1.29, 1.82) is 0 Å². The molecule has 1 N–H and O–H groups in total. The minimum Gasteiger partial charge on any atom is -0.487 e. The van der Waals surface area contributed by atoms with E-state index < -0.39 is 0 Å². The van der Waals surface area contributed by atoms with Crippen molar-refractivity contribution in [3.05, 3.63) is 84.4 Å². The number of carbonyl (C=O) groups is 1. The van der Waals surface area contributed by atoms with Gasteiger partial charge in [0.2, 0.25) is 0 Å². The first-order chi connectivity index (χ1) is 11.3. The molecule has 114 valence electrons. The number of anilines is 1. The highest BCUT2D eigenvalue weighted by atomic mass is 16.5. The van der Waals surface area contributed by atoms with Crippen molar-refractivity contribution in [3.8, 4) is 5.75 Å². The van der Waals surface area contributed by atoms with Crippen LogP contribution in [0.5, 0.6) is 5.75 Å². The van der Waals surface area contributed by atoms with Gasteiger partial charge in [-0.25, -0.2) is 0 Å².